The number of rotatable bonds is 1. The van der Waals surface area contributed by atoms with Gasteiger partial charge in [-0.1, -0.05) is 19.3 Å². The highest BCUT2D eigenvalue weighted by molar-refractivity contribution is 6.00. The van der Waals surface area contributed by atoms with E-state index in [4.69, 9.17) is 4.42 Å². The van der Waals surface area contributed by atoms with Crippen LogP contribution in [0.3, 0.4) is 0 Å². The third kappa shape index (κ3) is 2.24. The smallest absolute Gasteiger partial charge is 0.171 e. The Bertz CT molecular complexity index is 416. The quantitative estimate of drug-likeness (QED) is 0.829. The Labute approximate surface area is 108 Å². The normalized spacial score (nSPS) is 29.4. The van der Waals surface area contributed by atoms with Crippen LogP contribution in [0.15, 0.2) is 16.7 Å². The zero-order valence-corrected chi connectivity index (χ0v) is 10.8. The lowest BCUT2D eigenvalue weighted by atomic mass is 9.79. The highest BCUT2D eigenvalue weighted by Gasteiger charge is 2.34. The Morgan fingerprint density at radius 1 is 1.17 bits per heavy atom. The monoisotopic (exact) mass is 247 g/mol. The van der Waals surface area contributed by atoms with Crippen LogP contribution < -0.4 is 5.32 Å². The molecule has 18 heavy (non-hydrogen) atoms. The van der Waals surface area contributed by atoms with Crippen LogP contribution in [0.4, 0.5) is 0 Å². The minimum absolute atomic E-state index is 0.160. The van der Waals surface area contributed by atoms with E-state index in [-0.39, 0.29) is 5.92 Å². The molecule has 0 spiro atoms. The summed E-state index contributed by atoms with van der Waals surface area (Å²) in [6, 6.07) is 2.22. The zero-order chi connectivity index (χ0) is 12.4. The Balaban J connectivity index is 1.74. The number of aryl methyl sites for hydroxylation is 1. The van der Waals surface area contributed by atoms with Crippen molar-refractivity contribution in [3.63, 3.8) is 0 Å². The van der Waals surface area contributed by atoms with Crippen LogP contribution in [0, 0.1) is 5.92 Å². The molecule has 1 aliphatic carbocycles. The van der Waals surface area contributed by atoms with Gasteiger partial charge < -0.3 is 9.73 Å². The molecule has 2 unspecified atom stereocenters. The van der Waals surface area contributed by atoms with Crippen LogP contribution in [0.25, 0.3) is 0 Å². The fraction of sp³-hybridized carbons (Fsp3) is 0.667. The summed E-state index contributed by atoms with van der Waals surface area (Å²) in [7, 11) is 0. The first-order valence-electron chi connectivity index (χ1n) is 7.20. The minimum atomic E-state index is 0.160. The molecule has 98 valence electrons. The number of furan rings is 1. The van der Waals surface area contributed by atoms with Crippen molar-refractivity contribution in [3.8, 4) is 0 Å². The lowest BCUT2D eigenvalue weighted by Crippen LogP contribution is -2.43. The Morgan fingerprint density at radius 3 is 3.00 bits per heavy atom. The first-order chi connectivity index (χ1) is 8.86. The predicted molar refractivity (Wildman–Crippen MR) is 69.7 cm³/mol. The molecule has 1 N–H and O–H groups in total. The predicted octanol–water partition coefficient (Wildman–Crippen LogP) is 2.95. The molecule has 0 bridgehead atoms. The van der Waals surface area contributed by atoms with Gasteiger partial charge in [-0.3, -0.25) is 4.79 Å². The molecule has 0 aromatic carbocycles. The second-order valence-electron chi connectivity index (χ2n) is 5.53. The second-order valence-corrected chi connectivity index (χ2v) is 5.53. The van der Waals surface area contributed by atoms with Gasteiger partial charge in [-0.05, 0) is 31.9 Å². The van der Waals surface area contributed by atoms with E-state index in [9.17, 15) is 4.79 Å². The van der Waals surface area contributed by atoms with Gasteiger partial charge in [0.2, 0.25) is 0 Å². The van der Waals surface area contributed by atoms with Gasteiger partial charge in [0.15, 0.2) is 5.78 Å². The number of carbonyl (C=O) groups is 1. The lowest BCUT2D eigenvalue weighted by Gasteiger charge is -2.30. The van der Waals surface area contributed by atoms with E-state index in [1.54, 1.807) is 6.26 Å². The van der Waals surface area contributed by atoms with Crippen molar-refractivity contribution >= 4 is 5.78 Å². The van der Waals surface area contributed by atoms with Crippen LogP contribution in [0.5, 0.6) is 0 Å². The van der Waals surface area contributed by atoms with E-state index in [0.29, 0.717) is 11.8 Å². The van der Waals surface area contributed by atoms with Gasteiger partial charge in [0.25, 0.3) is 0 Å². The molecule has 3 rings (SSSR count). The average Bonchev–Trinajstić information content (AvgIpc) is 2.79. The van der Waals surface area contributed by atoms with Gasteiger partial charge in [0, 0.05) is 18.4 Å². The molecule has 1 aromatic rings. The molecule has 0 radical (unpaired) electrons. The minimum Gasteiger partial charge on any atom is -0.469 e. The molecule has 0 amide bonds. The highest BCUT2D eigenvalue weighted by Crippen LogP contribution is 2.30. The van der Waals surface area contributed by atoms with Crippen LogP contribution in [-0.4, -0.2) is 18.4 Å². The van der Waals surface area contributed by atoms with Crippen LogP contribution >= 0.6 is 0 Å². The number of Topliss-reactive ketones (excluding diaryl/α,β-unsaturated/α-hetero) is 1. The van der Waals surface area contributed by atoms with Crippen molar-refractivity contribution in [1.82, 2.24) is 5.32 Å². The largest absolute Gasteiger partial charge is 0.469 e. The summed E-state index contributed by atoms with van der Waals surface area (Å²) in [5.41, 5.74) is 0.829. The molecular formula is C15H21NO2. The summed E-state index contributed by atoms with van der Waals surface area (Å²) in [5, 5.41) is 3.59. The number of hydrogen-bond acceptors (Lipinski definition) is 3. The summed E-state index contributed by atoms with van der Waals surface area (Å²) in [5.74, 6) is 1.35. The molecule has 1 fully saturated rings. The number of nitrogens with one attached hydrogen (secondary N) is 1. The van der Waals surface area contributed by atoms with Crippen molar-refractivity contribution in [1.29, 1.82) is 0 Å². The molecule has 2 aliphatic rings. The van der Waals surface area contributed by atoms with E-state index >= 15 is 0 Å². The van der Waals surface area contributed by atoms with Crippen molar-refractivity contribution in [2.24, 2.45) is 5.92 Å². The number of fused-ring (bicyclic) bond motifs is 1. The first kappa shape index (κ1) is 12.0. The third-order valence-corrected chi connectivity index (χ3v) is 4.36. The van der Waals surface area contributed by atoms with E-state index in [1.165, 1.54) is 25.7 Å². The molecule has 2 heterocycles. The summed E-state index contributed by atoms with van der Waals surface area (Å²) in [6.45, 7) is 1.06. The lowest BCUT2D eigenvalue weighted by molar-refractivity contribution is 0.0855. The van der Waals surface area contributed by atoms with Gasteiger partial charge in [-0.15, -0.1) is 0 Å². The molecule has 2 atom stereocenters. The maximum absolute atomic E-state index is 12.5. The van der Waals surface area contributed by atoms with Crippen molar-refractivity contribution in [3.05, 3.63) is 23.7 Å². The van der Waals surface area contributed by atoms with Gasteiger partial charge in [-0.25, -0.2) is 0 Å². The third-order valence-electron chi connectivity index (χ3n) is 4.36. The Hall–Kier alpha value is -1.09. The summed E-state index contributed by atoms with van der Waals surface area (Å²) in [4.78, 5) is 12.5. The van der Waals surface area contributed by atoms with E-state index < -0.39 is 0 Å². The average molecular weight is 247 g/mol. The fourth-order valence-corrected chi connectivity index (χ4v) is 3.33. The Kier molecular flexibility index (Phi) is 3.50. The van der Waals surface area contributed by atoms with Crippen molar-refractivity contribution in [2.45, 2.75) is 51.0 Å². The maximum atomic E-state index is 12.5. The molecule has 1 aliphatic heterocycles. The SMILES string of the molecule is O=C1c2ccoc2CCC1C1CCCCCCN1. The Morgan fingerprint density at radius 2 is 2.06 bits per heavy atom. The number of carbonyl (C=O) groups excluding carboxylic acids is 1. The first-order valence-corrected chi connectivity index (χ1v) is 7.20. The van der Waals surface area contributed by atoms with E-state index in [0.717, 1.165) is 37.1 Å². The molecule has 1 saturated heterocycles. The molecule has 3 heteroatoms. The van der Waals surface area contributed by atoms with Crippen LogP contribution in [-0.2, 0) is 6.42 Å². The zero-order valence-electron chi connectivity index (χ0n) is 10.8. The second kappa shape index (κ2) is 5.27. The molecular weight excluding hydrogens is 226 g/mol. The number of ketones is 1. The van der Waals surface area contributed by atoms with Gasteiger partial charge >= 0.3 is 0 Å². The van der Waals surface area contributed by atoms with Gasteiger partial charge in [0.1, 0.15) is 5.76 Å². The van der Waals surface area contributed by atoms with Crippen molar-refractivity contribution < 1.29 is 9.21 Å². The van der Waals surface area contributed by atoms with Crippen molar-refractivity contribution in [2.75, 3.05) is 6.54 Å². The van der Waals surface area contributed by atoms with E-state index in [2.05, 4.69) is 5.32 Å². The van der Waals surface area contributed by atoms with E-state index in [1.807, 2.05) is 6.07 Å². The molecule has 1 aromatic heterocycles. The topological polar surface area (TPSA) is 42.2 Å². The summed E-state index contributed by atoms with van der Waals surface area (Å²) < 4.78 is 5.37. The standard InChI is InChI=1S/C15H21NO2/c17-15-11(6-7-14-12(15)8-10-18-14)13-5-3-1-2-4-9-16-13/h8,10-11,13,16H,1-7,9H2. The van der Waals surface area contributed by atoms with Crippen LogP contribution in [0.2, 0.25) is 0 Å². The molecule has 3 nitrogen and oxygen atoms in total. The summed E-state index contributed by atoms with van der Waals surface area (Å²) in [6.07, 6.45) is 9.78. The van der Waals surface area contributed by atoms with Gasteiger partial charge in [-0.2, -0.15) is 0 Å². The highest BCUT2D eigenvalue weighted by atomic mass is 16.3. The van der Waals surface area contributed by atoms with Gasteiger partial charge in [0.05, 0.1) is 11.8 Å². The van der Waals surface area contributed by atoms with Crippen LogP contribution in [0.1, 0.15) is 54.6 Å². The summed E-state index contributed by atoms with van der Waals surface area (Å²) >= 11 is 0. The fourth-order valence-electron chi connectivity index (χ4n) is 3.33. The maximum Gasteiger partial charge on any atom is 0.171 e. The molecule has 0 saturated carbocycles. The number of hydrogen-bond donors (Lipinski definition) is 1.